The van der Waals surface area contributed by atoms with Crippen molar-refractivity contribution in [2.75, 3.05) is 6.61 Å². The van der Waals surface area contributed by atoms with Crippen molar-refractivity contribution in [3.05, 3.63) is 83.8 Å². The van der Waals surface area contributed by atoms with Crippen LogP contribution in [-0.2, 0) is 16.1 Å². The van der Waals surface area contributed by atoms with E-state index in [4.69, 9.17) is 9.15 Å². The lowest BCUT2D eigenvalue weighted by molar-refractivity contribution is -0.124. The van der Waals surface area contributed by atoms with Gasteiger partial charge in [-0.2, -0.15) is 5.10 Å². The Bertz CT molecular complexity index is 1090. The SMILES string of the molecule is O=C(COC(=O)c1cc(-c2cccs2)nn1-c1ccccc1)NCc1ccco1. The Balaban J connectivity index is 1.49. The van der Waals surface area contributed by atoms with Crippen LogP contribution < -0.4 is 5.32 Å². The Morgan fingerprint density at radius 3 is 2.69 bits per heavy atom. The van der Waals surface area contributed by atoms with Crippen molar-refractivity contribution in [1.29, 1.82) is 0 Å². The van der Waals surface area contributed by atoms with Gasteiger partial charge in [0.05, 0.1) is 23.4 Å². The second kappa shape index (κ2) is 8.57. The molecule has 0 aliphatic carbocycles. The fourth-order valence-electron chi connectivity index (χ4n) is 2.69. The van der Waals surface area contributed by atoms with Crippen molar-refractivity contribution in [2.24, 2.45) is 0 Å². The van der Waals surface area contributed by atoms with Crippen molar-refractivity contribution < 1.29 is 18.7 Å². The summed E-state index contributed by atoms with van der Waals surface area (Å²) >= 11 is 1.53. The summed E-state index contributed by atoms with van der Waals surface area (Å²) < 4.78 is 11.9. The number of ether oxygens (including phenoxy) is 1. The van der Waals surface area contributed by atoms with Crippen LogP contribution in [-0.4, -0.2) is 28.3 Å². The normalized spacial score (nSPS) is 10.6. The predicted octanol–water partition coefficient (Wildman–Crippen LogP) is 3.67. The number of carbonyl (C=O) groups excluding carboxylic acids is 2. The van der Waals surface area contributed by atoms with Gasteiger partial charge in [0.15, 0.2) is 12.3 Å². The Hall–Kier alpha value is -3.65. The summed E-state index contributed by atoms with van der Waals surface area (Å²) in [7, 11) is 0. The maximum atomic E-state index is 12.7. The molecule has 0 atom stereocenters. The minimum Gasteiger partial charge on any atom is -0.467 e. The lowest BCUT2D eigenvalue weighted by Crippen LogP contribution is -2.28. The number of esters is 1. The Labute approximate surface area is 170 Å². The zero-order valence-electron chi connectivity index (χ0n) is 15.3. The second-order valence-electron chi connectivity index (χ2n) is 6.07. The lowest BCUT2D eigenvalue weighted by Gasteiger charge is -2.08. The average Bonchev–Trinajstić information content (AvgIpc) is 3.51. The molecule has 0 spiro atoms. The highest BCUT2D eigenvalue weighted by atomic mass is 32.1. The van der Waals surface area contributed by atoms with Crippen LogP contribution in [0, 0.1) is 0 Å². The van der Waals surface area contributed by atoms with E-state index in [1.165, 1.54) is 22.3 Å². The highest BCUT2D eigenvalue weighted by Gasteiger charge is 2.20. The quantitative estimate of drug-likeness (QED) is 0.473. The molecule has 0 radical (unpaired) electrons. The van der Waals surface area contributed by atoms with Gasteiger partial charge < -0.3 is 14.5 Å². The van der Waals surface area contributed by atoms with Gasteiger partial charge in [-0.15, -0.1) is 11.3 Å². The van der Waals surface area contributed by atoms with Crippen LogP contribution in [0.1, 0.15) is 16.2 Å². The first-order chi connectivity index (χ1) is 14.2. The van der Waals surface area contributed by atoms with Crippen molar-refractivity contribution in [3.63, 3.8) is 0 Å². The number of furan rings is 1. The molecule has 8 heteroatoms. The molecule has 0 aliphatic heterocycles. The third kappa shape index (κ3) is 4.44. The van der Waals surface area contributed by atoms with E-state index < -0.39 is 18.5 Å². The average molecular weight is 407 g/mol. The second-order valence-corrected chi connectivity index (χ2v) is 7.02. The Morgan fingerprint density at radius 2 is 1.97 bits per heavy atom. The fraction of sp³-hybridized carbons (Fsp3) is 0.0952. The number of nitrogens with zero attached hydrogens (tertiary/aromatic N) is 2. The van der Waals surface area contributed by atoms with E-state index in [9.17, 15) is 9.59 Å². The van der Waals surface area contributed by atoms with Crippen LogP contribution in [0.5, 0.6) is 0 Å². The lowest BCUT2D eigenvalue weighted by atomic mass is 10.3. The van der Waals surface area contributed by atoms with Gasteiger partial charge in [-0.25, -0.2) is 9.48 Å². The smallest absolute Gasteiger partial charge is 0.357 e. The van der Waals surface area contributed by atoms with E-state index in [-0.39, 0.29) is 12.2 Å². The maximum Gasteiger partial charge on any atom is 0.357 e. The van der Waals surface area contributed by atoms with Gasteiger partial charge >= 0.3 is 5.97 Å². The van der Waals surface area contributed by atoms with Gasteiger partial charge in [0, 0.05) is 6.07 Å². The molecule has 0 aliphatic rings. The minimum atomic E-state index is -0.627. The first kappa shape index (κ1) is 18.7. The third-order valence-corrected chi connectivity index (χ3v) is 4.96. The molecule has 1 N–H and O–H groups in total. The molecule has 29 heavy (non-hydrogen) atoms. The highest BCUT2D eigenvalue weighted by Crippen LogP contribution is 2.26. The monoisotopic (exact) mass is 407 g/mol. The third-order valence-electron chi connectivity index (χ3n) is 4.07. The number of amides is 1. The minimum absolute atomic E-state index is 0.230. The van der Waals surface area contributed by atoms with Gasteiger partial charge in [0.1, 0.15) is 11.5 Å². The number of rotatable bonds is 7. The molecule has 146 valence electrons. The molecule has 0 unspecified atom stereocenters. The van der Waals surface area contributed by atoms with Gasteiger partial charge in [-0.05, 0) is 35.7 Å². The first-order valence-electron chi connectivity index (χ1n) is 8.86. The van der Waals surface area contributed by atoms with Crippen LogP contribution in [0.3, 0.4) is 0 Å². The zero-order valence-corrected chi connectivity index (χ0v) is 16.1. The van der Waals surface area contributed by atoms with Gasteiger partial charge in [0.25, 0.3) is 5.91 Å². The largest absolute Gasteiger partial charge is 0.467 e. The number of para-hydroxylation sites is 1. The summed E-state index contributed by atoms with van der Waals surface area (Å²) in [6.07, 6.45) is 1.53. The summed E-state index contributed by atoms with van der Waals surface area (Å²) in [6, 6.07) is 18.3. The summed E-state index contributed by atoms with van der Waals surface area (Å²) in [5.41, 5.74) is 1.64. The van der Waals surface area contributed by atoms with Gasteiger partial charge in [-0.1, -0.05) is 24.3 Å². The van der Waals surface area contributed by atoms with E-state index in [0.29, 0.717) is 11.5 Å². The topological polar surface area (TPSA) is 86.4 Å². The van der Waals surface area contributed by atoms with E-state index in [0.717, 1.165) is 10.6 Å². The molecular weight excluding hydrogens is 390 g/mol. The number of thiophene rings is 1. The van der Waals surface area contributed by atoms with Crippen molar-refractivity contribution in [2.45, 2.75) is 6.54 Å². The number of hydrogen-bond donors (Lipinski definition) is 1. The van der Waals surface area contributed by atoms with E-state index in [1.54, 1.807) is 18.2 Å². The van der Waals surface area contributed by atoms with E-state index in [2.05, 4.69) is 10.4 Å². The predicted molar refractivity (Wildman–Crippen MR) is 108 cm³/mol. The Morgan fingerprint density at radius 1 is 1.10 bits per heavy atom. The zero-order chi connectivity index (χ0) is 20.1. The molecule has 0 bridgehead atoms. The van der Waals surface area contributed by atoms with E-state index in [1.807, 2.05) is 47.8 Å². The number of aromatic nitrogens is 2. The van der Waals surface area contributed by atoms with Crippen molar-refractivity contribution in [1.82, 2.24) is 15.1 Å². The number of hydrogen-bond acceptors (Lipinski definition) is 6. The highest BCUT2D eigenvalue weighted by molar-refractivity contribution is 7.13. The van der Waals surface area contributed by atoms with Crippen LogP contribution >= 0.6 is 11.3 Å². The molecule has 0 saturated heterocycles. The standard InChI is InChI=1S/C21H17N3O4S/c25-20(22-13-16-8-4-10-27-16)14-28-21(26)18-12-17(19-9-5-11-29-19)23-24(18)15-6-2-1-3-7-15/h1-12H,13-14H2,(H,22,25). The summed E-state index contributed by atoms with van der Waals surface area (Å²) in [4.78, 5) is 25.6. The fourth-order valence-corrected chi connectivity index (χ4v) is 3.37. The molecular formula is C21H17N3O4S. The van der Waals surface area contributed by atoms with Gasteiger partial charge in [0.2, 0.25) is 0 Å². The van der Waals surface area contributed by atoms with Crippen LogP contribution in [0.15, 0.2) is 76.7 Å². The van der Waals surface area contributed by atoms with Crippen LogP contribution in [0.25, 0.3) is 16.3 Å². The van der Waals surface area contributed by atoms with E-state index >= 15 is 0 Å². The molecule has 3 heterocycles. The first-order valence-corrected chi connectivity index (χ1v) is 9.74. The van der Waals surface area contributed by atoms with Crippen molar-refractivity contribution >= 4 is 23.2 Å². The van der Waals surface area contributed by atoms with Gasteiger partial charge in [-0.3, -0.25) is 4.79 Å². The van der Waals surface area contributed by atoms with Crippen molar-refractivity contribution in [3.8, 4) is 16.3 Å². The number of benzene rings is 1. The molecule has 0 fully saturated rings. The summed E-state index contributed by atoms with van der Waals surface area (Å²) in [5.74, 6) is -0.427. The molecule has 3 aromatic heterocycles. The summed E-state index contributed by atoms with van der Waals surface area (Å²) in [6.45, 7) is -0.165. The molecule has 1 aromatic carbocycles. The number of carbonyl (C=O) groups is 2. The molecule has 7 nitrogen and oxygen atoms in total. The Kier molecular flexibility index (Phi) is 5.53. The molecule has 4 rings (SSSR count). The molecule has 1 amide bonds. The van der Waals surface area contributed by atoms with Crippen LogP contribution in [0.4, 0.5) is 0 Å². The molecule has 4 aromatic rings. The maximum absolute atomic E-state index is 12.7. The number of nitrogens with one attached hydrogen (secondary N) is 1. The summed E-state index contributed by atoms with van der Waals surface area (Å²) in [5, 5.41) is 9.13. The molecule has 0 saturated carbocycles. The van der Waals surface area contributed by atoms with Crippen LogP contribution in [0.2, 0.25) is 0 Å².